The minimum atomic E-state index is -1.41. The van der Waals surface area contributed by atoms with Crippen LogP contribution in [0.5, 0.6) is 0 Å². The van der Waals surface area contributed by atoms with Crippen LogP contribution in [0.2, 0.25) is 0 Å². The number of thioether (sulfide) groups is 1. The zero-order chi connectivity index (χ0) is 15.7. The van der Waals surface area contributed by atoms with Gasteiger partial charge in [0.1, 0.15) is 0 Å². The van der Waals surface area contributed by atoms with Crippen LogP contribution in [0.25, 0.3) is 0 Å². The van der Waals surface area contributed by atoms with Crippen LogP contribution in [0.15, 0.2) is 22.2 Å². The molecule has 2 amide bonds. The van der Waals surface area contributed by atoms with Crippen LogP contribution in [0, 0.1) is 5.92 Å². The summed E-state index contributed by atoms with van der Waals surface area (Å²) in [5.41, 5.74) is -0.139. The number of amides is 2. The fourth-order valence-corrected chi connectivity index (χ4v) is 3.45. The average Bonchev–Trinajstić information content (AvgIpc) is 2.68. The van der Waals surface area contributed by atoms with E-state index in [0.29, 0.717) is 11.3 Å². The molecule has 1 fully saturated rings. The third-order valence-electron chi connectivity index (χ3n) is 3.45. The van der Waals surface area contributed by atoms with Crippen molar-refractivity contribution in [1.29, 1.82) is 0 Å². The topological polar surface area (TPSA) is 110 Å². The molecule has 1 saturated heterocycles. The number of nitrogens with zero attached hydrogens (tertiary/aromatic N) is 1. The first-order chi connectivity index (χ1) is 9.84. The predicted octanol–water partition coefficient (Wildman–Crippen LogP) is -4.10. The maximum atomic E-state index is 11.9. The Morgan fingerprint density at radius 2 is 2.18 bits per heavy atom. The van der Waals surface area contributed by atoms with Gasteiger partial charge in [-0.1, -0.05) is 11.8 Å². The molecule has 0 aromatic heterocycles. The van der Waals surface area contributed by atoms with E-state index in [0.717, 1.165) is 11.8 Å². The summed E-state index contributed by atoms with van der Waals surface area (Å²) >= 11 is 1.11. The molecule has 0 radical (unpaired) electrons. The van der Waals surface area contributed by atoms with Crippen molar-refractivity contribution in [2.75, 3.05) is 0 Å². The Balaban J connectivity index is 0.00000242. The number of aliphatic carboxylic acids is 1. The number of aliphatic hydroxyl groups is 1. The van der Waals surface area contributed by atoms with Gasteiger partial charge in [0.2, 0.25) is 11.8 Å². The van der Waals surface area contributed by atoms with Crippen molar-refractivity contribution in [2.24, 2.45) is 5.92 Å². The normalized spacial score (nSPS) is 24.7. The van der Waals surface area contributed by atoms with E-state index in [1.807, 2.05) is 0 Å². The SMILES string of the molecule is CC(=O)NC=CSC1=C(C(=O)[O-])N2C(=O)C([C@H](C)O)C2C1.[Na+]. The number of carbonyl (C=O) groups excluding carboxylic acids is 3. The fraction of sp³-hybridized carbons (Fsp3) is 0.462. The average molecular weight is 334 g/mol. The standard InChI is InChI=1S/C13H16N2O5S.Na/c1-6(16)10-8-5-9(21-4-3-14-7(2)17)11(13(19)20)15(8)12(10)18;/h3-4,6,8,10,16H,5H2,1-2H3,(H,14,17)(H,19,20);/q;+1/p-1/t6-,8?,10?;/m0./s1. The molecule has 0 aromatic carbocycles. The number of fused-ring (bicyclic) bond motifs is 1. The first-order valence-electron chi connectivity index (χ1n) is 6.39. The largest absolute Gasteiger partial charge is 1.00 e. The first kappa shape index (κ1) is 19.2. The van der Waals surface area contributed by atoms with E-state index in [9.17, 15) is 24.6 Å². The second kappa shape index (κ2) is 7.65. The molecule has 0 saturated carbocycles. The molecule has 2 rings (SSSR count). The molecular formula is C13H15N2NaO5S. The number of carbonyl (C=O) groups is 3. The Hall–Kier alpha value is -0.800. The van der Waals surface area contributed by atoms with Gasteiger partial charge in [0.25, 0.3) is 0 Å². The third kappa shape index (κ3) is 3.57. The van der Waals surface area contributed by atoms with Gasteiger partial charge in [0.15, 0.2) is 0 Å². The van der Waals surface area contributed by atoms with E-state index in [2.05, 4.69) is 5.32 Å². The van der Waals surface area contributed by atoms with Gasteiger partial charge in [0.05, 0.1) is 29.7 Å². The van der Waals surface area contributed by atoms with E-state index in [-0.39, 0.29) is 47.2 Å². The van der Waals surface area contributed by atoms with Crippen molar-refractivity contribution in [3.63, 3.8) is 0 Å². The number of β-lactam (4-membered cyclic amide) rings is 1. The van der Waals surface area contributed by atoms with Crippen molar-refractivity contribution in [2.45, 2.75) is 32.4 Å². The van der Waals surface area contributed by atoms with Gasteiger partial charge in [-0.15, -0.1) is 0 Å². The van der Waals surface area contributed by atoms with E-state index >= 15 is 0 Å². The second-order valence-corrected chi connectivity index (χ2v) is 5.93. The minimum Gasteiger partial charge on any atom is -0.543 e. The van der Waals surface area contributed by atoms with Crippen LogP contribution in [-0.2, 0) is 14.4 Å². The van der Waals surface area contributed by atoms with Gasteiger partial charge < -0.3 is 25.2 Å². The van der Waals surface area contributed by atoms with Gasteiger partial charge in [0, 0.05) is 24.4 Å². The number of aliphatic hydroxyl groups excluding tert-OH is 1. The van der Waals surface area contributed by atoms with Gasteiger partial charge in [-0.2, -0.15) is 0 Å². The van der Waals surface area contributed by atoms with E-state index in [1.54, 1.807) is 0 Å². The zero-order valence-electron chi connectivity index (χ0n) is 12.5. The third-order valence-corrected chi connectivity index (χ3v) is 4.36. The maximum absolute atomic E-state index is 11.9. The molecule has 2 N–H and O–H groups in total. The molecule has 2 heterocycles. The number of carboxylic acids is 1. The maximum Gasteiger partial charge on any atom is 1.00 e. The van der Waals surface area contributed by atoms with Crippen LogP contribution in [0.4, 0.5) is 0 Å². The molecule has 2 aliphatic rings. The monoisotopic (exact) mass is 334 g/mol. The number of hydrogen-bond acceptors (Lipinski definition) is 6. The first-order valence-corrected chi connectivity index (χ1v) is 7.27. The smallest absolute Gasteiger partial charge is 0.543 e. The fourth-order valence-electron chi connectivity index (χ4n) is 2.59. The molecule has 2 aliphatic heterocycles. The van der Waals surface area contributed by atoms with E-state index < -0.39 is 23.9 Å². The van der Waals surface area contributed by atoms with Gasteiger partial charge in [-0.3, -0.25) is 9.59 Å². The Bertz CT molecular complexity index is 561. The summed E-state index contributed by atoms with van der Waals surface area (Å²) in [6.45, 7) is 2.87. The van der Waals surface area contributed by atoms with Crippen molar-refractivity contribution < 1.29 is 54.2 Å². The summed E-state index contributed by atoms with van der Waals surface area (Å²) in [6, 6.07) is -0.331. The van der Waals surface area contributed by atoms with Crippen LogP contribution in [-0.4, -0.2) is 39.9 Å². The number of hydrogen-bond donors (Lipinski definition) is 2. The molecule has 0 aromatic rings. The quantitative estimate of drug-likeness (QED) is 0.391. The zero-order valence-corrected chi connectivity index (χ0v) is 15.3. The Morgan fingerprint density at radius 3 is 2.68 bits per heavy atom. The second-order valence-electron chi connectivity index (χ2n) is 4.93. The summed E-state index contributed by atoms with van der Waals surface area (Å²) in [5, 5.41) is 24.8. The molecule has 0 aliphatic carbocycles. The molecule has 0 bridgehead atoms. The summed E-state index contributed by atoms with van der Waals surface area (Å²) in [7, 11) is 0. The van der Waals surface area contributed by atoms with Crippen molar-refractivity contribution in [1.82, 2.24) is 10.2 Å². The van der Waals surface area contributed by atoms with Gasteiger partial charge >= 0.3 is 29.6 Å². The van der Waals surface area contributed by atoms with Crippen LogP contribution in [0.3, 0.4) is 0 Å². The van der Waals surface area contributed by atoms with Gasteiger partial charge in [-0.25, -0.2) is 0 Å². The van der Waals surface area contributed by atoms with Crippen LogP contribution in [0.1, 0.15) is 20.3 Å². The van der Waals surface area contributed by atoms with Crippen molar-refractivity contribution in [3.8, 4) is 0 Å². The Morgan fingerprint density at radius 1 is 1.55 bits per heavy atom. The van der Waals surface area contributed by atoms with E-state index in [4.69, 9.17) is 0 Å². The van der Waals surface area contributed by atoms with E-state index in [1.165, 1.54) is 30.4 Å². The Labute approximate surface area is 154 Å². The van der Waals surface area contributed by atoms with Crippen LogP contribution < -0.4 is 40.0 Å². The summed E-state index contributed by atoms with van der Waals surface area (Å²) in [6.07, 6.45) is 0.942. The molecule has 7 nitrogen and oxygen atoms in total. The molecule has 0 spiro atoms. The summed E-state index contributed by atoms with van der Waals surface area (Å²) in [5.74, 6) is -2.61. The number of nitrogens with one attached hydrogen (secondary N) is 1. The molecule has 9 heteroatoms. The summed E-state index contributed by atoms with van der Waals surface area (Å²) < 4.78 is 0. The van der Waals surface area contributed by atoms with Gasteiger partial charge in [-0.05, 0) is 12.3 Å². The molecule has 2 unspecified atom stereocenters. The molecule has 3 atom stereocenters. The molecule has 114 valence electrons. The molecular weight excluding hydrogens is 319 g/mol. The number of rotatable bonds is 5. The minimum absolute atomic E-state index is 0. The summed E-state index contributed by atoms with van der Waals surface area (Å²) in [4.78, 5) is 35.5. The Kier molecular flexibility index (Phi) is 6.69. The molecule has 22 heavy (non-hydrogen) atoms. The predicted molar refractivity (Wildman–Crippen MR) is 73.0 cm³/mol. The van der Waals surface area contributed by atoms with Crippen molar-refractivity contribution in [3.05, 3.63) is 22.2 Å². The van der Waals surface area contributed by atoms with Crippen LogP contribution >= 0.6 is 11.8 Å². The number of carboxylic acid groups (broad SMARTS) is 1. The van der Waals surface area contributed by atoms with Crippen molar-refractivity contribution >= 4 is 29.5 Å².